The Bertz CT molecular complexity index is 1200. The maximum atomic E-state index is 12.5. The largest absolute Gasteiger partial charge is 0.489 e. The van der Waals surface area contributed by atoms with Gasteiger partial charge in [-0.15, -0.1) is 0 Å². The molecule has 174 valence electrons. The van der Waals surface area contributed by atoms with Crippen molar-refractivity contribution in [3.8, 4) is 5.75 Å². The molecule has 2 amide bonds. The highest BCUT2D eigenvalue weighted by Crippen LogP contribution is 2.27. The third-order valence-electron chi connectivity index (χ3n) is 5.35. The van der Waals surface area contributed by atoms with Crippen molar-refractivity contribution in [3.63, 3.8) is 0 Å². The van der Waals surface area contributed by atoms with Gasteiger partial charge in [-0.25, -0.2) is 5.43 Å². The van der Waals surface area contributed by atoms with Crippen LogP contribution < -0.4 is 15.1 Å². The average Bonchev–Trinajstić information content (AvgIpc) is 3.22. The fraction of sp³-hybridized carbons (Fsp3) is 0.160. The maximum absolute atomic E-state index is 12.5. The number of halogens is 3. The van der Waals surface area contributed by atoms with Crippen molar-refractivity contribution >= 4 is 62.8 Å². The zero-order chi connectivity index (χ0) is 24.1. The van der Waals surface area contributed by atoms with E-state index >= 15 is 0 Å². The summed E-state index contributed by atoms with van der Waals surface area (Å²) in [5.41, 5.74) is 4.81. The molecule has 3 aromatic rings. The summed E-state index contributed by atoms with van der Waals surface area (Å²) < 4.78 is 6.69. The molecule has 4 rings (SSSR count). The minimum Gasteiger partial charge on any atom is -0.489 e. The summed E-state index contributed by atoms with van der Waals surface area (Å²) in [7, 11) is 0. The van der Waals surface area contributed by atoms with Crippen LogP contribution >= 0.6 is 39.1 Å². The summed E-state index contributed by atoms with van der Waals surface area (Å²) in [6.45, 7) is 0.572. The van der Waals surface area contributed by atoms with Gasteiger partial charge in [-0.05, 0) is 66.2 Å². The molecule has 0 unspecified atom stereocenters. The number of hydrogen-bond acceptors (Lipinski definition) is 4. The summed E-state index contributed by atoms with van der Waals surface area (Å²) >= 11 is 15.7. The molecule has 0 saturated carbocycles. The lowest BCUT2D eigenvalue weighted by atomic mass is 10.1. The van der Waals surface area contributed by atoms with E-state index in [4.69, 9.17) is 27.9 Å². The fourth-order valence-electron chi connectivity index (χ4n) is 3.49. The van der Waals surface area contributed by atoms with Crippen LogP contribution in [0, 0.1) is 5.92 Å². The summed E-state index contributed by atoms with van der Waals surface area (Å²) in [6.07, 6.45) is 1.69. The van der Waals surface area contributed by atoms with Crippen molar-refractivity contribution in [2.24, 2.45) is 11.0 Å². The third kappa shape index (κ3) is 5.97. The molecule has 0 bridgehead atoms. The van der Waals surface area contributed by atoms with E-state index in [1.807, 2.05) is 36.4 Å². The predicted octanol–water partition coefficient (Wildman–Crippen LogP) is 5.84. The van der Waals surface area contributed by atoms with Gasteiger partial charge in [0.25, 0.3) is 0 Å². The molecule has 3 aromatic carbocycles. The van der Waals surface area contributed by atoms with Gasteiger partial charge in [-0.2, -0.15) is 5.10 Å². The molecule has 0 radical (unpaired) electrons. The van der Waals surface area contributed by atoms with Crippen LogP contribution in [-0.4, -0.2) is 24.6 Å². The zero-order valence-electron chi connectivity index (χ0n) is 17.9. The Morgan fingerprint density at radius 3 is 2.44 bits per heavy atom. The standard InChI is InChI=1S/C25H20BrCl2N3O3/c26-18-6-8-19(9-7-18)31-14-17(12-24(31)32)25(33)30-29-13-16-4-10-20(11-5-16)34-15-21-22(27)2-1-3-23(21)28/h1-11,13,17H,12,14-15H2,(H,30,33)/b29-13-/t17-/m1/s1. The quantitative estimate of drug-likeness (QED) is 0.291. The van der Waals surface area contributed by atoms with Gasteiger partial charge in [0, 0.05) is 38.7 Å². The smallest absolute Gasteiger partial charge is 0.245 e. The molecule has 0 aliphatic carbocycles. The Morgan fingerprint density at radius 2 is 1.76 bits per heavy atom. The van der Waals surface area contributed by atoms with Gasteiger partial charge in [0.2, 0.25) is 11.8 Å². The molecule has 1 fully saturated rings. The van der Waals surface area contributed by atoms with Crippen molar-refractivity contribution < 1.29 is 14.3 Å². The first kappa shape index (κ1) is 24.3. The van der Waals surface area contributed by atoms with Gasteiger partial charge in [0.15, 0.2) is 0 Å². The normalized spacial score (nSPS) is 15.7. The number of ether oxygens (including phenoxy) is 1. The molecular formula is C25H20BrCl2N3O3. The Morgan fingerprint density at radius 1 is 1.09 bits per heavy atom. The highest BCUT2D eigenvalue weighted by molar-refractivity contribution is 9.10. The maximum Gasteiger partial charge on any atom is 0.245 e. The lowest BCUT2D eigenvalue weighted by Gasteiger charge is -2.16. The second kappa shape index (κ2) is 11.0. The second-order valence-corrected chi connectivity index (χ2v) is 9.40. The minimum atomic E-state index is -0.458. The molecular weight excluding hydrogens is 541 g/mol. The number of hydrazone groups is 1. The van der Waals surface area contributed by atoms with Crippen LogP contribution in [0.3, 0.4) is 0 Å². The van der Waals surface area contributed by atoms with Crippen LogP contribution in [0.2, 0.25) is 10.0 Å². The van der Waals surface area contributed by atoms with E-state index in [9.17, 15) is 9.59 Å². The van der Waals surface area contributed by atoms with Crippen molar-refractivity contribution in [2.75, 3.05) is 11.4 Å². The molecule has 1 aliphatic heterocycles. The molecule has 1 N–H and O–H groups in total. The Labute approximate surface area is 215 Å². The average molecular weight is 561 g/mol. The van der Waals surface area contributed by atoms with Crippen LogP contribution in [-0.2, 0) is 16.2 Å². The molecule has 9 heteroatoms. The van der Waals surface area contributed by atoms with E-state index in [0.29, 0.717) is 22.3 Å². The molecule has 1 saturated heterocycles. The van der Waals surface area contributed by atoms with Crippen molar-refractivity contribution in [2.45, 2.75) is 13.0 Å². The monoisotopic (exact) mass is 559 g/mol. The van der Waals surface area contributed by atoms with E-state index in [2.05, 4.69) is 26.5 Å². The number of nitrogens with zero attached hydrogens (tertiary/aromatic N) is 2. The van der Waals surface area contributed by atoms with Gasteiger partial charge in [-0.1, -0.05) is 45.2 Å². The number of rotatable bonds is 7. The van der Waals surface area contributed by atoms with E-state index in [0.717, 1.165) is 21.3 Å². The highest BCUT2D eigenvalue weighted by Gasteiger charge is 2.35. The number of nitrogens with one attached hydrogen (secondary N) is 1. The SMILES string of the molecule is O=C(N/N=C\c1ccc(OCc2c(Cl)cccc2Cl)cc1)[C@@H]1CC(=O)N(c2ccc(Br)cc2)C1. The first-order chi connectivity index (χ1) is 16.4. The third-order valence-corrected chi connectivity index (χ3v) is 6.58. The number of benzene rings is 3. The molecule has 0 spiro atoms. The minimum absolute atomic E-state index is 0.0832. The highest BCUT2D eigenvalue weighted by atomic mass is 79.9. The summed E-state index contributed by atoms with van der Waals surface area (Å²) in [5, 5.41) is 5.13. The summed E-state index contributed by atoms with van der Waals surface area (Å²) in [5.74, 6) is -0.184. The summed E-state index contributed by atoms with van der Waals surface area (Å²) in [6, 6.07) is 19.9. The van der Waals surface area contributed by atoms with Crippen LogP contribution in [0.25, 0.3) is 0 Å². The van der Waals surface area contributed by atoms with Crippen LogP contribution in [0.4, 0.5) is 5.69 Å². The van der Waals surface area contributed by atoms with Gasteiger partial charge in [0.1, 0.15) is 12.4 Å². The van der Waals surface area contributed by atoms with Crippen molar-refractivity contribution in [1.29, 1.82) is 0 Å². The lowest BCUT2D eigenvalue weighted by Crippen LogP contribution is -2.30. The lowest BCUT2D eigenvalue weighted by molar-refractivity contribution is -0.126. The van der Waals surface area contributed by atoms with Crippen molar-refractivity contribution in [1.82, 2.24) is 5.43 Å². The second-order valence-electron chi connectivity index (χ2n) is 7.67. The zero-order valence-corrected chi connectivity index (χ0v) is 21.0. The Hall–Kier alpha value is -2.87. The first-order valence-corrected chi connectivity index (χ1v) is 12.0. The van der Waals surface area contributed by atoms with E-state index < -0.39 is 5.92 Å². The molecule has 1 heterocycles. The Balaban J connectivity index is 1.28. The van der Waals surface area contributed by atoms with Crippen LogP contribution in [0.15, 0.2) is 76.3 Å². The Kier molecular flexibility index (Phi) is 7.88. The first-order valence-electron chi connectivity index (χ1n) is 10.5. The van der Waals surface area contributed by atoms with Crippen molar-refractivity contribution in [3.05, 3.63) is 92.4 Å². The van der Waals surface area contributed by atoms with Gasteiger partial charge >= 0.3 is 0 Å². The van der Waals surface area contributed by atoms with E-state index in [1.54, 1.807) is 35.2 Å². The van der Waals surface area contributed by atoms with E-state index in [-0.39, 0.29) is 24.8 Å². The van der Waals surface area contributed by atoms with Crippen LogP contribution in [0.1, 0.15) is 17.5 Å². The van der Waals surface area contributed by atoms with Gasteiger partial charge < -0.3 is 9.64 Å². The fourth-order valence-corrected chi connectivity index (χ4v) is 4.26. The van der Waals surface area contributed by atoms with Gasteiger partial charge in [-0.3, -0.25) is 9.59 Å². The predicted molar refractivity (Wildman–Crippen MR) is 138 cm³/mol. The van der Waals surface area contributed by atoms with E-state index in [1.165, 1.54) is 6.21 Å². The molecule has 0 aromatic heterocycles. The number of carbonyl (C=O) groups is 2. The molecule has 6 nitrogen and oxygen atoms in total. The molecule has 34 heavy (non-hydrogen) atoms. The van der Waals surface area contributed by atoms with Gasteiger partial charge in [0.05, 0.1) is 12.1 Å². The molecule has 1 aliphatic rings. The van der Waals surface area contributed by atoms with Crippen LogP contribution in [0.5, 0.6) is 5.75 Å². The summed E-state index contributed by atoms with van der Waals surface area (Å²) in [4.78, 5) is 26.5. The number of amides is 2. The number of anilines is 1. The number of hydrogen-bond donors (Lipinski definition) is 1. The number of carbonyl (C=O) groups excluding carboxylic acids is 2. The molecule has 1 atom stereocenters. The topological polar surface area (TPSA) is 71.0 Å².